The number of benzene rings is 3. The molecule has 0 saturated carbocycles. The summed E-state index contributed by atoms with van der Waals surface area (Å²) in [6.45, 7) is 2.33. The lowest BCUT2D eigenvalue weighted by molar-refractivity contribution is 0.102. The van der Waals surface area contributed by atoms with Crippen molar-refractivity contribution < 1.29 is 22.7 Å². The van der Waals surface area contributed by atoms with E-state index < -0.39 is 10.0 Å². The second-order valence-electron chi connectivity index (χ2n) is 7.83. The Hall–Kier alpha value is -3.52. The molecule has 7 nitrogen and oxygen atoms in total. The first-order chi connectivity index (χ1) is 15.8. The molecule has 0 bridgehead atoms. The lowest BCUT2D eigenvalue weighted by Gasteiger charge is -2.31. The van der Waals surface area contributed by atoms with Gasteiger partial charge >= 0.3 is 0 Å². The van der Waals surface area contributed by atoms with Crippen LogP contribution in [0.4, 0.5) is 11.4 Å². The van der Waals surface area contributed by atoms with Gasteiger partial charge in [-0.3, -0.25) is 9.10 Å². The zero-order chi connectivity index (χ0) is 23.6. The SMILES string of the molecule is COc1cccc(C(=O)Nc2ccc3c(c2)CCCN3S(=O)(=O)c2ccc(C)cc2)c1OC. The Bertz CT molecular complexity index is 1290. The molecule has 0 aromatic heterocycles. The highest BCUT2D eigenvalue weighted by molar-refractivity contribution is 7.92. The lowest BCUT2D eigenvalue weighted by atomic mass is 10.0. The first-order valence-electron chi connectivity index (χ1n) is 10.6. The number of anilines is 2. The van der Waals surface area contributed by atoms with Crippen molar-refractivity contribution >= 4 is 27.3 Å². The van der Waals surface area contributed by atoms with Gasteiger partial charge < -0.3 is 14.8 Å². The van der Waals surface area contributed by atoms with Gasteiger partial charge in [0.2, 0.25) is 0 Å². The number of methoxy groups -OCH3 is 2. The topological polar surface area (TPSA) is 84.9 Å². The van der Waals surface area contributed by atoms with Crippen LogP contribution in [0.1, 0.15) is 27.9 Å². The van der Waals surface area contributed by atoms with Crippen LogP contribution in [0, 0.1) is 6.92 Å². The quantitative estimate of drug-likeness (QED) is 0.582. The summed E-state index contributed by atoms with van der Waals surface area (Å²) in [6, 6.07) is 17.2. The Balaban J connectivity index is 1.62. The van der Waals surface area contributed by atoms with Crippen LogP contribution in [0.25, 0.3) is 0 Å². The van der Waals surface area contributed by atoms with E-state index in [0.717, 1.165) is 17.5 Å². The summed E-state index contributed by atoms with van der Waals surface area (Å²) in [4.78, 5) is 13.2. The van der Waals surface area contributed by atoms with Gasteiger partial charge in [-0.1, -0.05) is 23.8 Å². The van der Waals surface area contributed by atoms with Crippen LogP contribution in [0.5, 0.6) is 11.5 Å². The van der Waals surface area contributed by atoms with Crippen LogP contribution in [0.15, 0.2) is 65.6 Å². The second kappa shape index (κ2) is 9.15. The van der Waals surface area contributed by atoms with E-state index >= 15 is 0 Å². The number of aryl methyl sites for hydroxylation is 2. The molecule has 1 aliphatic rings. The summed E-state index contributed by atoms with van der Waals surface area (Å²) in [5.41, 5.74) is 3.43. The number of amides is 1. The van der Waals surface area contributed by atoms with Gasteiger partial charge in [0, 0.05) is 12.2 Å². The van der Waals surface area contributed by atoms with Gasteiger partial charge in [0.05, 0.1) is 30.4 Å². The maximum Gasteiger partial charge on any atom is 0.264 e. The van der Waals surface area contributed by atoms with Crippen molar-refractivity contribution in [1.29, 1.82) is 0 Å². The molecule has 3 aromatic carbocycles. The normalized spacial score (nSPS) is 13.2. The smallest absolute Gasteiger partial charge is 0.264 e. The van der Waals surface area contributed by atoms with Gasteiger partial charge in [-0.2, -0.15) is 0 Å². The van der Waals surface area contributed by atoms with Crippen LogP contribution >= 0.6 is 0 Å². The second-order valence-corrected chi connectivity index (χ2v) is 9.69. The molecular formula is C25H26N2O5S. The van der Waals surface area contributed by atoms with Gasteiger partial charge in [-0.25, -0.2) is 8.42 Å². The molecule has 0 radical (unpaired) electrons. The first-order valence-corrected chi connectivity index (χ1v) is 12.0. The van der Waals surface area contributed by atoms with Gasteiger partial charge in [0.25, 0.3) is 15.9 Å². The van der Waals surface area contributed by atoms with Gasteiger partial charge in [0.1, 0.15) is 0 Å². The monoisotopic (exact) mass is 466 g/mol. The van der Waals surface area contributed by atoms with Crippen molar-refractivity contribution in [3.63, 3.8) is 0 Å². The number of rotatable bonds is 6. The maximum absolute atomic E-state index is 13.3. The third kappa shape index (κ3) is 4.39. The summed E-state index contributed by atoms with van der Waals surface area (Å²) in [6.07, 6.45) is 1.42. The molecule has 0 aliphatic carbocycles. The molecule has 0 unspecified atom stereocenters. The number of carbonyl (C=O) groups is 1. The molecule has 172 valence electrons. The number of para-hydroxylation sites is 1. The fraction of sp³-hybridized carbons (Fsp3) is 0.240. The number of fused-ring (bicyclic) bond motifs is 1. The molecule has 1 aliphatic heterocycles. The fourth-order valence-corrected chi connectivity index (χ4v) is 5.53. The minimum Gasteiger partial charge on any atom is -0.493 e. The third-order valence-corrected chi connectivity index (χ3v) is 7.50. The van der Waals surface area contributed by atoms with Gasteiger partial charge in [-0.05, 0) is 67.8 Å². The molecule has 0 spiro atoms. The summed E-state index contributed by atoms with van der Waals surface area (Å²) in [5.74, 6) is 0.476. The van der Waals surface area contributed by atoms with Crippen molar-refractivity contribution in [2.45, 2.75) is 24.7 Å². The number of sulfonamides is 1. The number of hydrogen-bond acceptors (Lipinski definition) is 5. The largest absolute Gasteiger partial charge is 0.493 e. The van der Waals surface area contributed by atoms with E-state index in [1.54, 1.807) is 54.6 Å². The van der Waals surface area contributed by atoms with Crippen molar-refractivity contribution in [2.75, 3.05) is 30.4 Å². The van der Waals surface area contributed by atoms with Crippen molar-refractivity contribution in [3.8, 4) is 11.5 Å². The van der Waals surface area contributed by atoms with Crippen LogP contribution in [0.2, 0.25) is 0 Å². The minimum absolute atomic E-state index is 0.267. The maximum atomic E-state index is 13.3. The minimum atomic E-state index is -3.67. The molecular weight excluding hydrogens is 440 g/mol. The molecule has 4 rings (SSSR count). The Morgan fingerprint density at radius 2 is 1.76 bits per heavy atom. The van der Waals surface area contributed by atoms with Crippen LogP contribution in [-0.2, 0) is 16.4 Å². The van der Waals surface area contributed by atoms with E-state index in [1.165, 1.54) is 18.5 Å². The van der Waals surface area contributed by atoms with E-state index in [0.29, 0.717) is 41.4 Å². The highest BCUT2D eigenvalue weighted by Gasteiger charge is 2.29. The highest BCUT2D eigenvalue weighted by atomic mass is 32.2. The summed E-state index contributed by atoms with van der Waals surface area (Å²) < 4.78 is 38.6. The first kappa shape index (κ1) is 22.7. The molecule has 8 heteroatoms. The number of ether oxygens (including phenoxy) is 2. The molecule has 0 saturated heterocycles. The van der Waals surface area contributed by atoms with Gasteiger partial charge in [0.15, 0.2) is 11.5 Å². The number of hydrogen-bond donors (Lipinski definition) is 1. The Morgan fingerprint density at radius 3 is 2.45 bits per heavy atom. The van der Waals surface area contributed by atoms with Crippen molar-refractivity contribution in [3.05, 3.63) is 77.4 Å². The molecule has 33 heavy (non-hydrogen) atoms. The van der Waals surface area contributed by atoms with E-state index in [-0.39, 0.29) is 10.8 Å². The zero-order valence-electron chi connectivity index (χ0n) is 18.8. The third-order valence-electron chi connectivity index (χ3n) is 5.67. The molecule has 1 heterocycles. The predicted molar refractivity (Wildman–Crippen MR) is 128 cm³/mol. The summed E-state index contributed by atoms with van der Waals surface area (Å²) >= 11 is 0. The number of nitrogens with one attached hydrogen (secondary N) is 1. The van der Waals surface area contributed by atoms with E-state index in [1.807, 2.05) is 13.0 Å². The van der Waals surface area contributed by atoms with Crippen molar-refractivity contribution in [1.82, 2.24) is 0 Å². The average molecular weight is 467 g/mol. The average Bonchev–Trinajstić information content (AvgIpc) is 2.83. The van der Waals surface area contributed by atoms with Gasteiger partial charge in [-0.15, -0.1) is 0 Å². The van der Waals surface area contributed by atoms with Crippen LogP contribution < -0.4 is 19.1 Å². The Labute approximate surface area is 194 Å². The standard InChI is InChI=1S/C25H26N2O5S/c1-17-9-12-20(13-10-17)33(29,30)27-15-5-6-18-16-19(11-14-22(18)27)26-25(28)21-7-4-8-23(31-2)24(21)32-3/h4,7-14,16H,5-6,15H2,1-3H3,(H,26,28). The van der Waals surface area contributed by atoms with Crippen LogP contribution in [0.3, 0.4) is 0 Å². The van der Waals surface area contributed by atoms with E-state index in [2.05, 4.69) is 5.32 Å². The predicted octanol–water partition coefficient (Wildman–Crippen LogP) is 4.41. The molecule has 0 atom stereocenters. The van der Waals surface area contributed by atoms with Crippen molar-refractivity contribution in [2.24, 2.45) is 0 Å². The lowest BCUT2D eigenvalue weighted by Crippen LogP contribution is -2.35. The Morgan fingerprint density at radius 1 is 1.00 bits per heavy atom. The van der Waals surface area contributed by atoms with E-state index in [4.69, 9.17) is 9.47 Å². The van der Waals surface area contributed by atoms with Crippen LogP contribution in [-0.4, -0.2) is 35.1 Å². The molecule has 3 aromatic rings. The molecule has 0 fully saturated rings. The molecule has 1 amide bonds. The zero-order valence-corrected chi connectivity index (χ0v) is 19.6. The number of nitrogens with zero attached hydrogens (tertiary/aromatic N) is 1. The van der Waals surface area contributed by atoms with E-state index in [9.17, 15) is 13.2 Å². The Kier molecular flexibility index (Phi) is 6.29. The highest BCUT2D eigenvalue weighted by Crippen LogP contribution is 2.35. The summed E-state index contributed by atoms with van der Waals surface area (Å²) in [7, 11) is -0.676. The molecule has 1 N–H and O–H groups in total. The number of carbonyl (C=O) groups excluding carboxylic acids is 1. The summed E-state index contributed by atoms with van der Waals surface area (Å²) in [5, 5.41) is 2.88. The fourth-order valence-electron chi connectivity index (χ4n) is 3.99.